The van der Waals surface area contributed by atoms with Crippen molar-refractivity contribution in [2.24, 2.45) is 10.8 Å². The van der Waals surface area contributed by atoms with E-state index in [0.29, 0.717) is 11.4 Å². The molecule has 1 atom stereocenters. The van der Waals surface area contributed by atoms with E-state index in [0.717, 1.165) is 0 Å². The fourth-order valence-corrected chi connectivity index (χ4v) is 2.34. The number of hydrogen-bond donors (Lipinski definition) is 2. The molecule has 1 aliphatic heterocycles. The van der Waals surface area contributed by atoms with Crippen LogP contribution in [0.2, 0.25) is 0 Å². The summed E-state index contributed by atoms with van der Waals surface area (Å²) in [5.41, 5.74) is 6.55. The summed E-state index contributed by atoms with van der Waals surface area (Å²) >= 11 is 0. The molecule has 1 aromatic carbocycles. The minimum absolute atomic E-state index is 0.0683. The predicted molar refractivity (Wildman–Crippen MR) is 86.8 cm³/mol. The zero-order chi connectivity index (χ0) is 17.1. The van der Waals surface area contributed by atoms with Crippen LogP contribution in [0.15, 0.2) is 53.9 Å². The molecule has 1 aliphatic rings. The van der Waals surface area contributed by atoms with Gasteiger partial charge in [0.1, 0.15) is 17.6 Å². The lowest BCUT2D eigenvalue weighted by molar-refractivity contribution is -0.119. The second kappa shape index (κ2) is 6.45. The summed E-state index contributed by atoms with van der Waals surface area (Å²) in [6.45, 7) is 0. The number of anilines is 2. The van der Waals surface area contributed by atoms with Crippen LogP contribution in [0.1, 0.15) is 6.42 Å². The first kappa shape index (κ1) is 15.6. The Labute approximate surface area is 137 Å². The van der Waals surface area contributed by atoms with Crippen LogP contribution in [-0.2, 0) is 9.59 Å². The van der Waals surface area contributed by atoms with Crippen LogP contribution in [0.4, 0.5) is 15.8 Å². The first-order chi connectivity index (χ1) is 11.5. The largest absolute Gasteiger partial charge is 0.368 e. The highest BCUT2D eigenvalue weighted by atomic mass is 19.1. The molecule has 0 saturated carbocycles. The molecule has 0 saturated heterocycles. The molecule has 1 aromatic heterocycles. The molecule has 0 fully saturated rings. The van der Waals surface area contributed by atoms with Crippen LogP contribution in [0.3, 0.4) is 0 Å². The van der Waals surface area contributed by atoms with E-state index < -0.39 is 23.7 Å². The third-order valence-corrected chi connectivity index (χ3v) is 3.51. The lowest BCUT2D eigenvalue weighted by Gasteiger charge is -2.20. The van der Waals surface area contributed by atoms with Gasteiger partial charge in [-0.25, -0.2) is 4.39 Å². The molecule has 0 bridgehead atoms. The molecule has 3 N–H and O–H groups in total. The number of hydrazone groups is 1. The molecule has 0 spiro atoms. The van der Waals surface area contributed by atoms with E-state index in [1.165, 1.54) is 35.5 Å². The normalized spacial score (nSPS) is 16.6. The number of primary amides is 1. The molecule has 3 rings (SSSR count). The van der Waals surface area contributed by atoms with Crippen molar-refractivity contribution in [3.63, 3.8) is 0 Å². The van der Waals surface area contributed by atoms with Gasteiger partial charge in [0.25, 0.3) is 5.91 Å². The predicted octanol–water partition coefficient (Wildman–Crippen LogP) is 1.28. The van der Waals surface area contributed by atoms with Crippen molar-refractivity contribution in [2.75, 3.05) is 10.3 Å². The van der Waals surface area contributed by atoms with Crippen LogP contribution in [0.25, 0.3) is 0 Å². The monoisotopic (exact) mass is 327 g/mol. The van der Waals surface area contributed by atoms with Crippen LogP contribution in [-0.4, -0.2) is 28.6 Å². The second-order valence-electron chi connectivity index (χ2n) is 5.19. The van der Waals surface area contributed by atoms with Gasteiger partial charge >= 0.3 is 0 Å². The number of halogens is 1. The van der Waals surface area contributed by atoms with Gasteiger partial charge in [-0.2, -0.15) is 5.10 Å². The van der Waals surface area contributed by atoms with Crippen molar-refractivity contribution < 1.29 is 14.0 Å². The number of carbonyl (C=O) groups is 2. The molecular formula is C16H14FN5O2. The minimum Gasteiger partial charge on any atom is -0.368 e. The molecule has 8 heteroatoms. The smallest absolute Gasteiger partial charge is 0.272 e. The maximum atomic E-state index is 13.1. The van der Waals surface area contributed by atoms with E-state index >= 15 is 0 Å². The highest BCUT2D eigenvalue weighted by Crippen LogP contribution is 2.25. The quantitative estimate of drug-likeness (QED) is 0.883. The SMILES string of the molecule is NC(=O)C1CC(C(=O)Nc2cccnc2)=NN1c1ccc(F)cc1. The van der Waals surface area contributed by atoms with Gasteiger partial charge in [0.15, 0.2) is 0 Å². The van der Waals surface area contributed by atoms with Gasteiger partial charge in [-0.3, -0.25) is 19.6 Å². The lowest BCUT2D eigenvalue weighted by Crippen LogP contribution is -2.39. The maximum Gasteiger partial charge on any atom is 0.272 e. The number of aromatic nitrogens is 1. The number of nitrogens with two attached hydrogens (primary N) is 1. The molecule has 1 unspecified atom stereocenters. The summed E-state index contributed by atoms with van der Waals surface area (Å²) in [4.78, 5) is 27.9. The van der Waals surface area contributed by atoms with Gasteiger partial charge in [0.05, 0.1) is 17.6 Å². The van der Waals surface area contributed by atoms with E-state index in [4.69, 9.17) is 5.73 Å². The summed E-state index contributed by atoms with van der Waals surface area (Å²) in [5.74, 6) is -1.47. The summed E-state index contributed by atoms with van der Waals surface area (Å²) in [7, 11) is 0. The molecule has 122 valence electrons. The Hall–Kier alpha value is -3.29. The van der Waals surface area contributed by atoms with E-state index in [2.05, 4.69) is 15.4 Å². The molecule has 2 amide bonds. The molecule has 0 radical (unpaired) electrons. The van der Waals surface area contributed by atoms with E-state index in [-0.39, 0.29) is 12.1 Å². The summed E-state index contributed by atoms with van der Waals surface area (Å²) < 4.78 is 13.1. The first-order valence-corrected chi connectivity index (χ1v) is 7.17. The van der Waals surface area contributed by atoms with Crippen molar-refractivity contribution in [3.8, 4) is 0 Å². The molecule has 24 heavy (non-hydrogen) atoms. The molecule has 7 nitrogen and oxygen atoms in total. The molecular weight excluding hydrogens is 313 g/mol. The summed E-state index contributed by atoms with van der Waals surface area (Å²) in [6, 6.07) is 8.00. The average Bonchev–Trinajstić information content (AvgIpc) is 3.02. The topological polar surface area (TPSA) is 101 Å². The number of benzene rings is 1. The zero-order valence-electron chi connectivity index (χ0n) is 12.5. The van der Waals surface area contributed by atoms with Crippen molar-refractivity contribution >= 4 is 28.9 Å². The molecule has 2 aromatic rings. The Morgan fingerprint density at radius 2 is 2.00 bits per heavy atom. The number of carbonyl (C=O) groups excluding carboxylic acids is 2. The highest BCUT2D eigenvalue weighted by Gasteiger charge is 2.35. The number of amides is 2. The van der Waals surface area contributed by atoms with Gasteiger partial charge in [-0.15, -0.1) is 0 Å². The Morgan fingerprint density at radius 3 is 2.62 bits per heavy atom. The standard InChI is InChI=1S/C16H14FN5O2/c17-10-3-5-12(6-4-10)22-14(15(18)23)8-13(21-22)16(24)20-11-2-1-7-19-9-11/h1-7,9,14H,8H2,(H2,18,23)(H,20,24). The Bertz CT molecular complexity index is 792. The number of hydrogen-bond acceptors (Lipinski definition) is 5. The highest BCUT2D eigenvalue weighted by molar-refractivity contribution is 6.44. The van der Waals surface area contributed by atoms with Gasteiger partial charge < -0.3 is 11.1 Å². The van der Waals surface area contributed by atoms with Crippen molar-refractivity contribution in [2.45, 2.75) is 12.5 Å². The number of rotatable bonds is 4. The first-order valence-electron chi connectivity index (χ1n) is 7.17. The van der Waals surface area contributed by atoms with Gasteiger partial charge in [-0.1, -0.05) is 0 Å². The van der Waals surface area contributed by atoms with Crippen LogP contribution in [0, 0.1) is 5.82 Å². The van der Waals surface area contributed by atoms with Crippen molar-refractivity contribution in [1.82, 2.24) is 4.98 Å². The molecule has 2 heterocycles. The Morgan fingerprint density at radius 1 is 1.25 bits per heavy atom. The van der Waals surface area contributed by atoms with Gasteiger partial charge in [0.2, 0.25) is 5.91 Å². The second-order valence-corrected chi connectivity index (χ2v) is 5.19. The van der Waals surface area contributed by atoms with Crippen LogP contribution in [0.5, 0.6) is 0 Å². The zero-order valence-corrected chi connectivity index (χ0v) is 12.5. The minimum atomic E-state index is -0.801. The van der Waals surface area contributed by atoms with Crippen LogP contribution >= 0.6 is 0 Å². The number of nitrogens with zero attached hydrogens (tertiary/aromatic N) is 3. The Kier molecular flexibility index (Phi) is 4.19. The fraction of sp³-hybridized carbons (Fsp3) is 0.125. The van der Waals surface area contributed by atoms with E-state index in [9.17, 15) is 14.0 Å². The maximum absolute atomic E-state index is 13.1. The van der Waals surface area contributed by atoms with E-state index in [1.54, 1.807) is 18.3 Å². The lowest BCUT2D eigenvalue weighted by atomic mass is 10.1. The van der Waals surface area contributed by atoms with Crippen LogP contribution < -0.4 is 16.1 Å². The third kappa shape index (κ3) is 3.22. The summed E-state index contributed by atoms with van der Waals surface area (Å²) in [5, 5.41) is 8.17. The van der Waals surface area contributed by atoms with Crippen molar-refractivity contribution in [3.05, 3.63) is 54.6 Å². The fourth-order valence-electron chi connectivity index (χ4n) is 2.34. The molecule has 0 aliphatic carbocycles. The van der Waals surface area contributed by atoms with Gasteiger partial charge in [-0.05, 0) is 36.4 Å². The average molecular weight is 327 g/mol. The third-order valence-electron chi connectivity index (χ3n) is 3.51. The summed E-state index contributed by atoms with van der Waals surface area (Å²) in [6.07, 6.45) is 3.15. The Balaban J connectivity index is 1.83. The van der Waals surface area contributed by atoms with Crippen molar-refractivity contribution in [1.29, 1.82) is 0 Å². The van der Waals surface area contributed by atoms with Gasteiger partial charge in [0, 0.05) is 12.6 Å². The number of nitrogens with one attached hydrogen (secondary N) is 1. The number of pyridine rings is 1. The van der Waals surface area contributed by atoms with E-state index in [1.807, 2.05) is 0 Å².